The lowest BCUT2D eigenvalue weighted by Crippen LogP contribution is -2.05. The Bertz CT molecular complexity index is 684. The van der Waals surface area contributed by atoms with Crippen molar-refractivity contribution in [2.24, 2.45) is 0 Å². The zero-order valence-electron chi connectivity index (χ0n) is 16.2. The van der Waals surface area contributed by atoms with E-state index in [4.69, 9.17) is 0 Å². The zero-order chi connectivity index (χ0) is 18.2. The summed E-state index contributed by atoms with van der Waals surface area (Å²) in [5, 5.41) is 0. The molecule has 1 atom stereocenters. The van der Waals surface area contributed by atoms with Crippen LogP contribution in [0.4, 0.5) is 0 Å². The normalized spacial score (nSPS) is 12.4. The molecule has 0 saturated carbocycles. The van der Waals surface area contributed by atoms with Gasteiger partial charge in [-0.05, 0) is 54.7 Å². The highest BCUT2D eigenvalue weighted by Gasteiger charge is 2.12. The predicted molar refractivity (Wildman–Crippen MR) is 107 cm³/mol. The van der Waals surface area contributed by atoms with E-state index in [-0.39, 0.29) is 0 Å². The second kappa shape index (κ2) is 9.56. The summed E-state index contributed by atoms with van der Waals surface area (Å²) in [6.07, 6.45) is 4.53. The first-order valence-electron chi connectivity index (χ1n) is 9.63. The van der Waals surface area contributed by atoms with Gasteiger partial charge in [-0.3, -0.25) is 4.79 Å². The van der Waals surface area contributed by atoms with Crippen LogP contribution in [0, 0.1) is 6.92 Å². The lowest BCUT2D eigenvalue weighted by atomic mass is 9.92. The second-order valence-electron chi connectivity index (χ2n) is 7.62. The second-order valence-corrected chi connectivity index (χ2v) is 7.62. The molecule has 1 unspecified atom stereocenters. The van der Waals surface area contributed by atoms with Crippen LogP contribution in [0.5, 0.6) is 0 Å². The number of hydrogen-bond donors (Lipinski definition) is 0. The molecule has 2 aromatic carbocycles. The van der Waals surface area contributed by atoms with Gasteiger partial charge in [-0.1, -0.05) is 74.9 Å². The molecule has 1 heteroatoms. The molecule has 0 spiro atoms. The predicted octanol–water partition coefficient (Wildman–Crippen LogP) is 6.59. The van der Waals surface area contributed by atoms with Crippen LogP contribution >= 0.6 is 0 Å². The number of ketones is 1. The SMILES string of the molecule is Cc1cccc(C(C)CC(=O)CCCCc2ccccc2C(C)C)c1. The van der Waals surface area contributed by atoms with Crippen LogP contribution in [-0.4, -0.2) is 5.78 Å². The smallest absolute Gasteiger partial charge is 0.133 e. The van der Waals surface area contributed by atoms with Crippen molar-refractivity contribution in [2.75, 3.05) is 0 Å². The molecule has 2 rings (SSSR count). The van der Waals surface area contributed by atoms with E-state index >= 15 is 0 Å². The topological polar surface area (TPSA) is 17.1 Å². The van der Waals surface area contributed by atoms with Crippen LogP contribution in [-0.2, 0) is 11.2 Å². The minimum absolute atomic E-state index is 0.314. The van der Waals surface area contributed by atoms with Crippen LogP contribution in [0.2, 0.25) is 0 Å². The zero-order valence-corrected chi connectivity index (χ0v) is 16.2. The van der Waals surface area contributed by atoms with Crippen molar-refractivity contribution in [3.63, 3.8) is 0 Å². The minimum Gasteiger partial charge on any atom is -0.300 e. The fourth-order valence-corrected chi connectivity index (χ4v) is 3.50. The number of carbonyl (C=O) groups excluding carboxylic acids is 1. The molecule has 2 aromatic rings. The van der Waals surface area contributed by atoms with E-state index < -0.39 is 0 Å². The first-order valence-corrected chi connectivity index (χ1v) is 9.63. The van der Waals surface area contributed by atoms with Gasteiger partial charge in [-0.15, -0.1) is 0 Å². The molecule has 0 amide bonds. The summed E-state index contributed by atoms with van der Waals surface area (Å²) in [6, 6.07) is 17.2. The molecule has 0 aliphatic carbocycles. The molecule has 0 aliphatic heterocycles. The molecular formula is C24H32O. The van der Waals surface area contributed by atoms with Crippen molar-refractivity contribution in [3.8, 4) is 0 Å². The largest absolute Gasteiger partial charge is 0.300 e. The van der Waals surface area contributed by atoms with Gasteiger partial charge >= 0.3 is 0 Å². The fourth-order valence-electron chi connectivity index (χ4n) is 3.50. The van der Waals surface area contributed by atoms with E-state index in [0.29, 0.717) is 30.5 Å². The average Bonchev–Trinajstić information content (AvgIpc) is 2.59. The molecule has 0 bridgehead atoms. The number of unbranched alkanes of at least 4 members (excludes halogenated alkanes) is 1. The first kappa shape index (κ1) is 19.4. The quantitative estimate of drug-likeness (QED) is 0.472. The van der Waals surface area contributed by atoms with Crippen molar-refractivity contribution < 1.29 is 4.79 Å². The third-order valence-corrected chi connectivity index (χ3v) is 4.97. The van der Waals surface area contributed by atoms with Crippen LogP contribution in [0.3, 0.4) is 0 Å². The average molecular weight is 337 g/mol. The maximum atomic E-state index is 12.3. The van der Waals surface area contributed by atoms with E-state index in [1.54, 1.807) is 0 Å². The van der Waals surface area contributed by atoms with E-state index in [1.807, 2.05) is 0 Å². The standard InChI is InChI=1S/C24H32O/c1-18(2)24-15-8-6-12-21(24)11-5-7-14-23(25)17-20(4)22-13-9-10-19(3)16-22/h6,8-10,12-13,15-16,18,20H,5,7,11,14,17H2,1-4H3. The van der Waals surface area contributed by atoms with Crippen LogP contribution in [0.15, 0.2) is 48.5 Å². The number of rotatable bonds is 9. The molecule has 0 saturated heterocycles. The Morgan fingerprint density at radius 2 is 1.72 bits per heavy atom. The van der Waals surface area contributed by atoms with Crippen LogP contribution in [0.25, 0.3) is 0 Å². The Labute approximate surface area is 153 Å². The molecule has 0 N–H and O–H groups in total. The van der Waals surface area contributed by atoms with E-state index in [1.165, 1.54) is 22.3 Å². The van der Waals surface area contributed by atoms with Crippen molar-refractivity contribution >= 4 is 5.78 Å². The summed E-state index contributed by atoms with van der Waals surface area (Å²) < 4.78 is 0. The first-order chi connectivity index (χ1) is 12.0. The van der Waals surface area contributed by atoms with Crippen molar-refractivity contribution in [3.05, 3.63) is 70.8 Å². The number of carbonyl (C=O) groups is 1. The summed E-state index contributed by atoms with van der Waals surface area (Å²) in [5.41, 5.74) is 5.43. The van der Waals surface area contributed by atoms with Gasteiger partial charge in [0, 0.05) is 12.8 Å². The highest BCUT2D eigenvalue weighted by atomic mass is 16.1. The van der Waals surface area contributed by atoms with Crippen molar-refractivity contribution in [1.82, 2.24) is 0 Å². The van der Waals surface area contributed by atoms with Gasteiger partial charge in [-0.25, -0.2) is 0 Å². The van der Waals surface area contributed by atoms with Crippen molar-refractivity contribution in [1.29, 1.82) is 0 Å². The number of hydrogen-bond acceptors (Lipinski definition) is 1. The lowest BCUT2D eigenvalue weighted by molar-refractivity contribution is -0.119. The fraction of sp³-hybridized carbons (Fsp3) is 0.458. The van der Waals surface area contributed by atoms with Crippen molar-refractivity contribution in [2.45, 2.75) is 71.6 Å². The van der Waals surface area contributed by atoms with E-state index in [0.717, 1.165) is 19.3 Å². The number of aryl methyl sites for hydroxylation is 2. The van der Waals surface area contributed by atoms with Gasteiger partial charge in [0.2, 0.25) is 0 Å². The molecule has 1 nitrogen and oxygen atoms in total. The maximum Gasteiger partial charge on any atom is 0.133 e. The summed E-state index contributed by atoms with van der Waals surface area (Å²) >= 11 is 0. The van der Waals surface area contributed by atoms with Gasteiger partial charge in [0.1, 0.15) is 5.78 Å². The summed E-state index contributed by atoms with van der Waals surface area (Å²) in [7, 11) is 0. The highest BCUT2D eigenvalue weighted by molar-refractivity contribution is 5.79. The van der Waals surface area contributed by atoms with Gasteiger partial charge in [0.25, 0.3) is 0 Å². The van der Waals surface area contributed by atoms with Crippen LogP contribution in [0.1, 0.15) is 80.5 Å². The molecule has 0 heterocycles. The third-order valence-electron chi connectivity index (χ3n) is 4.97. The Hall–Kier alpha value is -1.89. The Morgan fingerprint density at radius 1 is 0.960 bits per heavy atom. The highest BCUT2D eigenvalue weighted by Crippen LogP contribution is 2.23. The Balaban J connectivity index is 1.76. The molecule has 0 radical (unpaired) electrons. The molecule has 0 fully saturated rings. The van der Waals surface area contributed by atoms with Gasteiger partial charge in [-0.2, -0.15) is 0 Å². The third kappa shape index (κ3) is 6.16. The number of benzene rings is 2. The molecule has 0 aromatic heterocycles. The van der Waals surface area contributed by atoms with Gasteiger partial charge in [0.15, 0.2) is 0 Å². The van der Waals surface area contributed by atoms with E-state index in [9.17, 15) is 4.79 Å². The molecule has 25 heavy (non-hydrogen) atoms. The summed E-state index contributed by atoms with van der Waals surface area (Å²) in [4.78, 5) is 12.3. The van der Waals surface area contributed by atoms with Crippen LogP contribution < -0.4 is 0 Å². The summed E-state index contributed by atoms with van der Waals surface area (Å²) in [5.74, 6) is 1.27. The number of Topliss-reactive ketones (excluding diaryl/α,β-unsaturated/α-hetero) is 1. The van der Waals surface area contributed by atoms with Gasteiger partial charge in [0.05, 0.1) is 0 Å². The van der Waals surface area contributed by atoms with Gasteiger partial charge < -0.3 is 0 Å². The Kier molecular flexibility index (Phi) is 7.43. The Morgan fingerprint density at radius 3 is 2.44 bits per heavy atom. The van der Waals surface area contributed by atoms with E-state index in [2.05, 4.69) is 76.2 Å². The molecular weight excluding hydrogens is 304 g/mol. The molecule has 0 aliphatic rings. The summed E-state index contributed by atoms with van der Waals surface area (Å²) in [6.45, 7) is 8.75. The molecule has 134 valence electrons. The lowest BCUT2D eigenvalue weighted by Gasteiger charge is -2.13. The minimum atomic E-state index is 0.314. The monoisotopic (exact) mass is 336 g/mol. The maximum absolute atomic E-state index is 12.3.